The first kappa shape index (κ1) is 7.46. The third-order valence-corrected chi connectivity index (χ3v) is 4.84. The van der Waals surface area contributed by atoms with Gasteiger partial charge < -0.3 is 0 Å². The summed E-state index contributed by atoms with van der Waals surface area (Å²) in [7, 11) is 0. The third kappa shape index (κ3) is 0.490. The Kier molecular flexibility index (Phi) is 1.02. The lowest BCUT2D eigenvalue weighted by atomic mass is 9.79. The number of fused-ring (bicyclic) bond motifs is 1. The van der Waals surface area contributed by atoms with Gasteiger partial charge >= 0.3 is 0 Å². The maximum atomic E-state index is 6.15. The van der Waals surface area contributed by atoms with Crippen molar-refractivity contribution in [3.8, 4) is 0 Å². The van der Waals surface area contributed by atoms with E-state index in [1.54, 1.807) is 0 Å². The van der Waals surface area contributed by atoms with Gasteiger partial charge in [0, 0.05) is 27.3 Å². The Morgan fingerprint density at radius 1 is 1.08 bits per heavy atom. The molecule has 3 aliphatic carbocycles. The van der Waals surface area contributed by atoms with Gasteiger partial charge in [-0.05, 0) is 5.41 Å². The third-order valence-electron chi connectivity index (χ3n) is 4.15. The van der Waals surface area contributed by atoms with Crippen molar-refractivity contribution in [3.05, 3.63) is 22.2 Å². The fourth-order valence-electron chi connectivity index (χ4n) is 3.18. The van der Waals surface area contributed by atoms with Crippen LogP contribution in [0.4, 0.5) is 0 Å². The Morgan fingerprint density at radius 2 is 1.50 bits per heavy atom. The fourth-order valence-corrected chi connectivity index (χ4v) is 4.34. The summed E-state index contributed by atoms with van der Waals surface area (Å²) >= 11 is 12.3. The molecule has 1 fully saturated rings. The largest absolute Gasteiger partial charge is 0.0891 e. The van der Waals surface area contributed by atoms with Gasteiger partial charge in [-0.3, -0.25) is 0 Å². The number of halogens is 2. The number of hydrogen-bond acceptors (Lipinski definition) is 0. The first-order chi connectivity index (χ1) is 5.51. The SMILES string of the molecule is CC12C=C(Cl)C3C(C(Cl)=C1)C32C. The molecule has 0 spiro atoms. The molecule has 0 nitrogen and oxygen atoms in total. The Hall–Kier alpha value is 0.0600. The Morgan fingerprint density at radius 3 is 1.75 bits per heavy atom. The summed E-state index contributed by atoms with van der Waals surface area (Å²) in [4.78, 5) is 0. The monoisotopic (exact) mass is 200 g/mol. The van der Waals surface area contributed by atoms with E-state index >= 15 is 0 Å². The van der Waals surface area contributed by atoms with Crippen molar-refractivity contribution in [2.75, 3.05) is 0 Å². The Labute approximate surface area is 82.2 Å². The minimum absolute atomic E-state index is 0.135. The standard InChI is InChI=1S/C10H10Cl2/c1-9-3-5(11)7-8(6(12)4-9)10(7,9)2/h3-4,7-8H,1-2H3. The molecule has 2 unspecified atom stereocenters. The zero-order valence-electron chi connectivity index (χ0n) is 7.07. The first-order valence-corrected chi connectivity index (χ1v) is 5.03. The zero-order valence-corrected chi connectivity index (χ0v) is 8.58. The molecule has 0 N–H and O–H groups in total. The molecular formula is C10H10Cl2. The van der Waals surface area contributed by atoms with Crippen LogP contribution in [-0.2, 0) is 0 Å². The molecule has 64 valence electrons. The van der Waals surface area contributed by atoms with Crippen molar-refractivity contribution in [2.24, 2.45) is 22.7 Å². The second kappa shape index (κ2) is 1.65. The van der Waals surface area contributed by atoms with Gasteiger partial charge in [0.05, 0.1) is 0 Å². The summed E-state index contributed by atoms with van der Waals surface area (Å²) in [6, 6.07) is 0. The van der Waals surface area contributed by atoms with Gasteiger partial charge in [-0.2, -0.15) is 0 Å². The lowest BCUT2D eigenvalue weighted by molar-refractivity contribution is 0.333. The highest BCUT2D eigenvalue weighted by Gasteiger charge is 2.76. The van der Waals surface area contributed by atoms with Gasteiger partial charge in [-0.15, -0.1) is 0 Å². The van der Waals surface area contributed by atoms with E-state index in [2.05, 4.69) is 26.0 Å². The second-order valence-electron chi connectivity index (χ2n) is 4.58. The minimum Gasteiger partial charge on any atom is -0.0891 e. The van der Waals surface area contributed by atoms with E-state index in [9.17, 15) is 0 Å². The van der Waals surface area contributed by atoms with Crippen LogP contribution in [0.3, 0.4) is 0 Å². The van der Waals surface area contributed by atoms with E-state index in [1.165, 1.54) is 0 Å². The van der Waals surface area contributed by atoms with E-state index < -0.39 is 0 Å². The molecule has 12 heavy (non-hydrogen) atoms. The molecule has 0 aromatic carbocycles. The van der Waals surface area contributed by atoms with Gasteiger partial charge in [0.25, 0.3) is 0 Å². The van der Waals surface area contributed by atoms with Crippen molar-refractivity contribution in [1.29, 1.82) is 0 Å². The lowest BCUT2D eigenvalue weighted by Gasteiger charge is -2.23. The number of allylic oxidation sites excluding steroid dienone is 4. The molecule has 0 aliphatic heterocycles. The van der Waals surface area contributed by atoms with Crippen LogP contribution in [0, 0.1) is 22.7 Å². The molecule has 0 aromatic rings. The van der Waals surface area contributed by atoms with Crippen molar-refractivity contribution in [1.82, 2.24) is 0 Å². The van der Waals surface area contributed by atoms with Crippen LogP contribution in [0.2, 0.25) is 0 Å². The highest BCUT2D eigenvalue weighted by molar-refractivity contribution is 6.33. The molecule has 0 radical (unpaired) electrons. The summed E-state index contributed by atoms with van der Waals surface area (Å²) in [6.45, 7) is 4.52. The van der Waals surface area contributed by atoms with Crippen LogP contribution in [-0.4, -0.2) is 0 Å². The van der Waals surface area contributed by atoms with Gasteiger partial charge in [0.15, 0.2) is 0 Å². The molecule has 0 amide bonds. The average molecular weight is 201 g/mol. The van der Waals surface area contributed by atoms with E-state index in [1.807, 2.05) is 0 Å². The van der Waals surface area contributed by atoms with E-state index in [0.29, 0.717) is 17.3 Å². The van der Waals surface area contributed by atoms with Crippen LogP contribution in [0.25, 0.3) is 0 Å². The van der Waals surface area contributed by atoms with Crippen molar-refractivity contribution in [2.45, 2.75) is 13.8 Å². The van der Waals surface area contributed by atoms with Crippen LogP contribution < -0.4 is 0 Å². The van der Waals surface area contributed by atoms with E-state index in [-0.39, 0.29) is 5.41 Å². The van der Waals surface area contributed by atoms with Gasteiger partial charge in [0.2, 0.25) is 0 Å². The van der Waals surface area contributed by atoms with Gasteiger partial charge in [-0.1, -0.05) is 49.2 Å². The molecule has 3 rings (SSSR count). The maximum Gasteiger partial charge on any atom is 0.0193 e. The number of hydrogen-bond donors (Lipinski definition) is 0. The van der Waals surface area contributed by atoms with Crippen LogP contribution in [0.5, 0.6) is 0 Å². The molecule has 2 heteroatoms. The fraction of sp³-hybridized carbons (Fsp3) is 0.600. The molecule has 0 saturated heterocycles. The summed E-state index contributed by atoms with van der Waals surface area (Å²) in [5.74, 6) is 1.06. The summed E-state index contributed by atoms with van der Waals surface area (Å²) in [6.07, 6.45) is 4.34. The normalized spacial score (nSPS) is 59.7. The Bertz CT molecular complexity index is 312. The summed E-state index contributed by atoms with van der Waals surface area (Å²) in [5.41, 5.74) is 0.456. The average Bonchev–Trinajstić information content (AvgIpc) is 2.47. The molecule has 1 saturated carbocycles. The van der Waals surface area contributed by atoms with Crippen LogP contribution in [0.1, 0.15) is 13.8 Å². The zero-order chi connectivity index (χ0) is 8.72. The lowest BCUT2D eigenvalue weighted by Crippen LogP contribution is -2.18. The topological polar surface area (TPSA) is 0 Å². The second-order valence-corrected chi connectivity index (χ2v) is 5.45. The molecule has 0 aromatic heterocycles. The smallest absolute Gasteiger partial charge is 0.0193 e. The van der Waals surface area contributed by atoms with Crippen LogP contribution >= 0.6 is 23.2 Å². The van der Waals surface area contributed by atoms with E-state index in [0.717, 1.165) is 10.1 Å². The molecular weight excluding hydrogens is 191 g/mol. The van der Waals surface area contributed by atoms with Crippen molar-refractivity contribution in [3.63, 3.8) is 0 Å². The molecule has 0 bridgehead atoms. The predicted molar refractivity (Wildman–Crippen MR) is 51.1 cm³/mol. The molecule has 0 heterocycles. The van der Waals surface area contributed by atoms with Crippen molar-refractivity contribution < 1.29 is 0 Å². The molecule has 2 atom stereocenters. The van der Waals surface area contributed by atoms with Crippen molar-refractivity contribution >= 4 is 23.2 Å². The predicted octanol–water partition coefficient (Wildman–Crippen LogP) is 3.52. The highest BCUT2D eigenvalue weighted by Crippen LogP contribution is 2.82. The van der Waals surface area contributed by atoms with Gasteiger partial charge in [0.1, 0.15) is 0 Å². The maximum absolute atomic E-state index is 6.15. The summed E-state index contributed by atoms with van der Waals surface area (Å²) < 4.78 is 0. The quantitative estimate of drug-likeness (QED) is 0.562. The van der Waals surface area contributed by atoms with Gasteiger partial charge in [-0.25, -0.2) is 0 Å². The first-order valence-electron chi connectivity index (χ1n) is 4.27. The molecule has 3 aliphatic rings. The highest BCUT2D eigenvalue weighted by atomic mass is 35.5. The Balaban J connectivity index is 2.23. The summed E-state index contributed by atoms with van der Waals surface area (Å²) in [5, 5.41) is 2.05. The van der Waals surface area contributed by atoms with Crippen LogP contribution in [0.15, 0.2) is 22.2 Å². The number of rotatable bonds is 0. The van der Waals surface area contributed by atoms with E-state index in [4.69, 9.17) is 23.2 Å². The minimum atomic E-state index is 0.135.